The quantitative estimate of drug-likeness (QED) is 0.738. The van der Waals surface area contributed by atoms with Gasteiger partial charge in [-0.2, -0.15) is 12.6 Å². The van der Waals surface area contributed by atoms with Crippen LogP contribution in [0.4, 0.5) is 0 Å². The third kappa shape index (κ3) is 3.28. The summed E-state index contributed by atoms with van der Waals surface area (Å²) in [6.45, 7) is 0. The van der Waals surface area contributed by atoms with Gasteiger partial charge in [-0.05, 0) is 29.9 Å². The average Bonchev–Trinajstić information content (AvgIpc) is 2.18. The van der Waals surface area contributed by atoms with Crippen molar-refractivity contribution in [1.82, 2.24) is 0 Å². The molecule has 0 aromatic heterocycles. The summed E-state index contributed by atoms with van der Waals surface area (Å²) in [6.07, 6.45) is -1.08. The Labute approximate surface area is 97.5 Å². The molecule has 0 heterocycles. The van der Waals surface area contributed by atoms with Crippen molar-refractivity contribution in [2.45, 2.75) is 18.6 Å². The molecule has 0 aliphatic rings. The van der Waals surface area contributed by atoms with Gasteiger partial charge in [0.25, 0.3) is 0 Å². The highest BCUT2D eigenvalue weighted by Gasteiger charge is 2.16. The molecule has 0 spiro atoms. The molecule has 0 aliphatic carbocycles. The standard InChI is InChI=1S/C10H13BrO2S/c11-8-3-1-7(2-4-8)10(13)9(12)5-6-14/h1-4,9-10,12-14H,5-6H2. The average molecular weight is 277 g/mol. The second-order valence-electron chi connectivity index (χ2n) is 3.08. The molecule has 0 saturated carbocycles. The Morgan fingerprint density at radius 2 is 1.79 bits per heavy atom. The van der Waals surface area contributed by atoms with E-state index in [4.69, 9.17) is 0 Å². The van der Waals surface area contributed by atoms with Gasteiger partial charge < -0.3 is 10.2 Å². The maximum absolute atomic E-state index is 9.71. The zero-order chi connectivity index (χ0) is 10.6. The van der Waals surface area contributed by atoms with E-state index in [-0.39, 0.29) is 0 Å². The number of halogens is 1. The molecule has 2 unspecified atom stereocenters. The molecular formula is C10H13BrO2S. The summed E-state index contributed by atoms with van der Waals surface area (Å²) in [5.74, 6) is 0.564. The largest absolute Gasteiger partial charge is 0.390 e. The van der Waals surface area contributed by atoms with E-state index in [1.165, 1.54) is 0 Å². The van der Waals surface area contributed by atoms with Crippen LogP contribution < -0.4 is 0 Å². The lowest BCUT2D eigenvalue weighted by atomic mass is 10.0. The lowest BCUT2D eigenvalue weighted by Gasteiger charge is -2.17. The fourth-order valence-electron chi connectivity index (χ4n) is 1.17. The van der Waals surface area contributed by atoms with E-state index in [0.717, 1.165) is 10.0 Å². The van der Waals surface area contributed by atoms with Crippen molar-refractivity contribution < 1.29 is 10.2 Å². The fraction of sp³-hybridized carbons (Fsp3) is 0.400. The van der Waals surface area contributed by atoms with Gasteiger partial charge in [-0.3, -0.25) is 0 Å². The minimum absolute atomic E-state index is 0.486. The van der Waals surface area contributed by atoms with Crippen molar-refractivity contribution >= 4 is 28.6 Å². The van der Waals surface area contributed by atoms with Crippen molar-refractivity contribution in [1.29, 1.82) is 0 Å². The molecule has 1 rings (SSSR count). The molecule has 0 amide bonds. The number of aliphatic hydroxyl groups is 2. The maximum atomic E-state index is 9.71. The topological polar surface area (TPSA) is 40.5 Å². The van der Waals surface area contributed by atoms with Crippen molar-refractivity contribution in [2.24, 2.45) is 0 Å². The summed E-state index contributed by atoms with van der Waals surface area (Å²) in [7, 11) is 0. The molecule has 4 heteroatoms. The van der Waals surface area contributed by atoms with E-state index in [9.17, 15) is 10.2 Å². The third-order valence-corrected chi connectivity index (χ3v) is 2.79. The van der Waals surface area contributed by atoms with Gasteiger partial charge in [0.2, 0.25) is 0 Å². The molecule has 0 aliphatic heterocycles. The first kappa shape index (κ1) is 12.0. The van der Waals surface area contributed by atoms with Crippen LogP contribution in [0.3, 0.4) is 0 Å². The molecule has 14 heavy (non-hydrogen) atoms. The first-order valence-electron chi connectivity index (χ1n) is 4.37. The number of rotatable bonds is 4. The van der Waals surface area contributed by atoms with Crippen molar-refractivity contribution in [3.8, 4) is 0 Å². The normalized spacial score (nSPS) is 15.1. The van der Waals surface area contributed by atoms with Crippen LogP contribution in [0.25, 0.3) is 0 Å². The Kier molecular flexibility index (Phi) is 4.95. The van der Waals surface area contributed by atoms with Crippen molar-refractivity contribution in [3.63, 3.8) is 0 Å². The predicted molar refractivity (Wildman–Crippen MR) is 63.6 cm³/mol. The Bertz CT molecular complexity index is 276. The van der Waals surface area contributed by atoms with Gasteiger partial charge in [-0.15, -0.1) is 0 Å². The molecule has 2 nitrogen and oxygen atoms in total. The van der Waals surface area contributed by atoms with Crippen LogP contribution in [0, 0.1) is 0 Å². The van der Waals surface area contributed by atoms with Gasteiger partial charge in [0.05, 0.1) is 6.10 Å². The Balaban J connectivity index is 2.68. The highest BCUT2D eigenvalue weighted by atomic mass is 79.9. The SMILES string of the molecule is OC(CCS)C(O)c1ccc(Br)cc1. The lowest BCUT2D eigenvalue weighted by molar-refractivity contribution is 0.0172. The summed E-state index contributed by atoms with van der Waals surface area (Å²) in [6, 6.07) is 7.25. The zero-order valence-corrected chi connectivity index (χ0v) is 10.1. The minimum atomic E-state index is -0.824. The van der Waals surface area contributed by atoms with E-state index in [0.29, 0.717) is 12.2 Å². The number of benzene rings is 1. The Morgan fingerprint density at radius 3 is 2.29 bits per heavy atom. The summed E-state index contributed by atoms with van der Waals surface area (Å²) in [5, 5.41) is 19.2. The van der Waals surface area contributed by atoms with Crippen LogP contribution in [0.5, 0.6) is 0 Å². The molecule has 2 N–H and O–H groups in total. The summed E-state index contributed by atoms with van der Waals surface area (Å²) >= 11 is 7.31. The monoisotopic (exact) mass is 276 g/mol. The van der Waals surface area contributed by atoms with Crippen LogP contribution in [-0.2, 0) is 0 Å². The summed E-state index contributed by atoms with van der Waals surface area (Å²) in [5.41, 5.74) is 0.725. The molecule has 78 valence electrons. The Hall–Kier alpha value is -0.0300. The molecular weight excluding hydrogens is 264 g/mol. The molecule has 0 radical (unpaired) electrons. The molecule has 2 atom stereocenters. The Morgan fingerprint density at radius 1 is 1.21 bits per heavy atom. The van der Waals surface area contributed by atoms with Gasteiger partial charge in [-0.1, -0.05) is 28.1 Å². The van der Waals surface area contributed by atoms with Gasteiger partial charge >= 0.3 is 0 Å². The van der Waals surface area contributed by atoms with Gasteiger partial charge in [0, 0.05) is 4.47 Å². The van der Waals surface area contributed by atoms with Gasteiger partial charge in [-0.25, -0.2) is 0 Å². The molecule has 0 bridgehead atoms. The molecule has 0 saturated heterocycles. The van der Waals surface area contributed by atoms with Crippen LogP contribution in [0.2, 0.25) is 0 Å². The van der Waals surface area contributed by atoms with Crippen LogP contribution >= 0.6 is 28.6 Å². The van der Waals surface area contributed by atoms with Gasteiger partial charge in [0.1, 0.15) is 6.10 Å². The number of hydrogen-bond donors (Lipinski definition) is 3. The smallest absolute Gasteiger partial charge is 0.105 e. The van der Waals surface area contributed by atoms with Crippen LogP contribution in [-0.4, -0.2) is 22.1 Å². The molecule has 0 fully saturated rings. The predicted octanol–water partition coefficient (Wildman–Crippen LogP) is 2.16. The first-order valence-corrected chi connectivity index (χ1v) is 5.80. The van der Waals surface area contributed by atoms with E-state index in [2.05, 4.69) is 28.6 Å². The second kappa shape index (κ2) is 5.75. The van der Waals surface area contributed by atoms with Crippen LogP contribution in [0.1, 0.15) is 18.1 Å². The number of thiol groups is 1. The first-order chi connectivity index (χ1) is 6.65. The van der Waals surface area contributed by atoms with E-state index in [1.54, 1.807) is 12.1 Å². The number of aliphatic hydroxyl groups excluding tert-OH is 2. The third-order valence-electron chi connectivity index (χ3n) is 2.00. The lowest BCUT2D eigenvalue weighted by Crippen LogP contribution is -2.18. The number of hydrogen-bond acceptors (Lipinski definition) is 3. The van der Waals surface area contributed by atoms with Gasteiger partial charge in [0.15, 0.2) is 0 Å². The molecule has 1 aromatic carbocycles. The molecule has 1 aromatic rings. The van der Waals surface area contributed by atoms with Crippen molar-refractivity contribution in [3.05, 3.63) is 34.3 Å². The summed E-state index contributed by atoms with van der Waals surface area (Å²) in [4.78, 5) is 0. The maximum Gasteiger partial charge on any atom is 0.105 e. The second-order valence-corrected chi connectivity index (χ2v) is 4.44. The highest BCUT2D eigenvalue weighted by Crippen LogP contribution is 2.21. The fourth-order valence-corrected chi connectivity index (χ4v) is 1.70. The van der Waals surface area contributed by atoms with Crippen LogP contribution in [0.15, 0.2) is 28.7 Å². The van der Waals surface area contributed by atoms with E-state index < -0.39 is 12.2 Å². The summed E-state index contributed by atoms with van der Waals surface area (Å²) < 4.78 is 0.956. The zero-order valence-electron chi connectivity index (χ0n) is 7.60. The van der Waals surface area contributed by atoms with E-state index in [1.807, 2.05) is 12.1 Å². The van der Waals surface area contributed by atoms with Crippen molar-refractivity contribution in [2.75, 3.05) is 5.75 Å². The minimum Gasteiger partial charge on any atom is -0.390 e. The van der Waals surface area contributed by atoms with E-state index >= 15 is 0 Å². The highest BCUT2D eigenvalue weighted by molar-refractivity contribution is 9.10.